The van der Waals surface area contributed by atoms with Gasteiger partial charge in [-0.15, -0.1) is 11.8 Å². The molecular weight excluding hydrogens is 410 g/mol. The first kappa shape index (κ1) is 25.3. The number of carbonyl (C=O) groups is 1. The number of rotatable bonds is 3. The highest BCUT2D eigenvalue weighted by molar-refractivity contribution is 9.10. The van der Waals surface area contributed by atoms with Gasteiger partial charge in [0.15, 0.2) is 0 Å². The molecule has 0 saturated carbocycles. The Hall–Kier alpha value is -0.680. The van der Waals surface area contributed by atoms with Crippen molar-refractivity contribution in [1.82, 2.24) is 4.90 Å². The number of benzene rings is 1. The zero-order chi connectivity index (χ0) is 20.2. The van der Waals surface area contributed by atoms with Crippen LogP contribution in [0.25, 0.3) is 0 Å². The molecule has 0 bridgehead atoms. The van der Waals surface area contributed by atoms with Gasteiger partial charge in [0.25, 0.3) is 0 Å². The fourth-order valence-electron chi connectivity index (χ4n) is 2.35. The molecule has 1 aliphatic rings. The SMILES string of the molecule is CC.CC.CC(C)(C)OC(=O)N1CCC(CSc2ccc(Br)cc2)CC1. The number of nitrogens with zero attached hydrogens (tertiary/aromatic N) is 1. The predicted octanol–water partition coefficient (Wildman–Crippen LogP) is 7.24. The maximum Gasteiger partial charge on any atom is 0.410 e. The van der Waals surface area contributed by atoms with E-state index in [1.165, 1.54) is 4.90 Å². The molecule has 3 nitrogen and oxygen atoms in total. The molecule has 1 fully saturated rings. The smallest absolute Gasteiger partial charge is 0.410 e. The standard InChI is InChI=1S/C17H24BrNO2S.2C2H6/c1-17(2,3)21-16(20)19-10-8-13(9-11-19)12-22-15-6-4-14(18)5-7-15;2*1-2/h4-7,13H,8-12H2,1-3H3;2*1-2H3. The van der Waals surface area contributed by atoms with Crippen LogP contribution in [-0.4, -0.2) is 35.4 Å². The number of piperidine rings is 1. The summed E-state index contributed by atoms with van der Waals surface area (Å²) in [6.45, 7) is 15.3. The topological polar surface area (TPSA) is 29.5 Å². The van der Waals surface area contributed by atoms with Gasteiger partial charge in [-0.05, 0) is 63.8 Å². The highest BCUT2D eigenvalue weighted by Crippen LogP contribution is 2.28. The molecule has 0 aliphatic carbocycles. The van der Waals surface area contributed by atoms with Crippen LogP contribution >= 0.6 is 27.7 Å². The van der Waals surface area contributed by atoms with Crippen LogP contribution in [0, 0.1) is 5.92 Å². The first-order valence-electron chi connectivity index (χ1n) is 9.70. The molecule has 1 heterocycles. The molecular formula is C21H36BrNO2S. The minimum absolute atomic E-state index is 0.175. The Balaban J connectivity index is 0.00000146. The van der Waals surface area contributed by atoms with Gasteiger partial charge >= 0.3 is 6.09 Å². The highest BCUT2D eigenvalue weighted by atomic mass is 79.9. The number of hydrogen-bond acceptors (Lipinski definition) is 3. The van der Waals surface area contributed by atoms with E-state index in [1.54, 1.807) is 0 Å². The van der Waals surface area contributed by atoms with Gasteiger partial charge in [0.05, 0.1) is 0 Å². The molecule has 0 radical (unpaired) electrons. The van der Waals surface area contributed by atoms with Crippen molar-refractivity contribution in [2.75, 3.05) is 18.8 Å². The molecule has 5 heteroatoms. The minimum Gasteiger partial charge on any atom is -0.444 e. The van der Waals surface area contributed by atoms with Crippen molar-refractivity contribution in [3.05, 3.63) is 28.7 Å². The zero-order valence-corrected chi connectivity index (χ0v) is 19.9. The van der Waals surface area contributed by atoms with Crippen LogP contribution in [-0.2, 0) is 4.74 Å². The molecule has 0 atom stereocenters. The Bertz CT molecular complexity index is 492. The van der Waals surface area contributed by atoms with Crippen molar-refractivity contribution in [2.24, 2.45) is 5.92 Å². The Labute approximate surface area is 173 Å². The molecule has 1 amide bonds. The summed E-state index contributed by atoms with van der Waals surface area (Å²) in [7, 11) is 0. The van der Waals surface area contributed by atoms with E-state index in [9.17, 15) is 4.79 Å². The Morgan fingerprint density at radius 1 is 1.12 bits per heavy atom. The Kier molecular flexibility index (Phi) is 13.1. The molecule has 1 saturated heterocycles. The van der Waals surface area contributed by atoms with Crippen LogP contribution in [0.1, 0.15) is 61.3 Å². The molecule has 0 aromatic heterocycles. The lowest BCUT2D eigenvalue weighted by Crippen LogP contribution is -2.42. The Morgan fingerprint density at radius 3 is 2.08 bits per heavy atom. The first-order valence-corrected chi connectivity index (χ1v) is 11.5. The maximum absolute atomic E-state index is 12.0. The van der Waals surface area contributed by atoms with Crippen molar-refractivity contribution in [3.8, 4) is 0 Å². The monoisotopic (exact) mass is 445 g/mol. The van der Waals surface area contributed by atoms with Crippen molar-refractivity contribution >= 4 is 33.8 Å². The second kappa shape index (κ2) is 13.5. The highest BCUT2D eigenvalue weighted by Gasteiger charge is 2.26. The van der Waals surface area contributed by atoms with Gasteiger partial charge in [-0.3, -0.25) is 0 Å². The van der Waals surface area contributed by atoms with Gasteiger partial charge in [-0.1, -0.05) is 43.6 Å². The van der Waals surface area contributed by atoms with E-state index < -0.39 is 5.60 Å². The summed E-state index contributed by atoms with van der Waals surface area (Å²) in [5, 5.41) is 0. The summed E-state index contributed by atoms with van der Waals surface area (Å²) in [5.41, 5.74) is -0.411. The summed E-state index contributed by atoms with van der Waals surface area (Å²) in [6.07, 6.45) is 1.94. The van der Waals surface area contributed by atoms with Crippen LogP contribution in [0.15, 0.2) is 33.6 Å². The van der Waals surface area contributed by atoms with Crippen LogP contribution in [0.3, 0.4) is 0 Å². The van der Waals surface area contributed by atoms with Gasteiger partial charge in [0, 0.05) is 28.2 Å². The van der Waals surface area contributed by atoms with Gasteiger partial charge in [0.2, 0.25) is 0 Å². The molecule has 26 heavy (non-hydrogen) atoms. The molecule has 150 valence electrons. The second-order valence-electron chi connectivity index (χ2n) is 6.68. The van der Waals surface area contributed by atoms with Crippen molar-refractivity contribution in [3.63, 3.8) is 0 Å². The average Bonchev–Trinajstić information content (AvgIpc) is 2.64. The number of halogens is 1. The number of thioether (sulfide) groups is 1. The van der Waals surface area contributed by atoms with E-state index in [1.807, 2.05) is 65.1 Å². The molecule has 1 aliphatic heterocycles. The molecule has 2 rings (SSSR count). The van der Waals surface area contributed by atoms with Crippen molar-refractivity contribution in [1.29, 1.82) is 0 Å². The summed E-state index contributed by atoms with van der Waals surface area (Å²) >= 11 is 5.36. The molecule has 0 N–H and O–H groups in total. The molecule has 1 aromatic carbocycles. The molecule has 0 spiro atoms. The fourth-order valence-corrected chi connectivity index (χ4v) is 3.71. The normalized spacial score (nSPS) is 14.5. The number of hydrogen-bond donors (Lipinski definition) is 0. The summed E-state index contributed by atoms with van der Waals surface area (Å²) < 4.78 is 6.54. The molecule has 1 aromatic rings. The third-order valence-electron chi connectivity index (χ3n) is 3.57. The summed E-state index contributed by atoms with van der Waals surface area (Å²) in [6, 6.07) is 8.44. The summed E-state index contributed by atoms with van der Waals surface area (Å²) in [4.78, 5) is 15.2. The van der Waals surface area contributed by atoms with Crippen molar-refractivity contribution in [2.45, 2.75) is 71.8 Å². The third-order valence-corrected chi connectivity index (χ3v) is 5.34. The lowest BCUT2D eigenvalue weighted by Gasteiger charge is -2.33. The first-order chi connectivity index (χ1) is 12.3. The third kappa shape index (κ3) is 10.5. The quantitative estimate of drug-likeness (QED) is 0.458. The van der Waals surface area contributed by atoms with E-state index in [4.69, 9.17) is 4.74 Å². The van der Waals surface area contributed by atoms with Gasteiger partial charge in [-0.25, -0.2) is 4.79 Å². The number of amides is 1. The van der Waals surface area contributed by atoms with E-state index >= 15 is 0 Å². The van der Waals surface area contributed by atoms with Gasteiger partial charge in [0.1, 0.15) is 5.60 Å². The van der Waals surface area contributed by atoms with Crippen LogP contribution < -0.4 is 0 Å². The lowest BCUT2D eigenvalue weighted by molar-refractivity contribution is 0.0191. The minimum atomic E-state index is -0.411. The number of likely N-dealkylation sites (tertiary alicyclic amines) is 1. The van der Waals surface area contributed by atoms with E-state index in [0.717, 1.165) is 36.2 Å². The van der Waals surface area contributed by atoms with E-state index in [0.29, 0.717) is 5.92 Å². The molecule has 0 unspecified atom stereocenters. The van der Waals surface area contributed by atoms with E-state index in [2.05, 4.69) is 40.2 Å². The lowest BCUT2D eigenvalue weighted by atomic mass is 9.99. The Morgan fingerprint density at radius 2 is 1.62 bits per heavy atom. The van der Waals surface area contributed by atoms with E-state index in [-0.39, 0.29) is 6.09 Å². The number of carbonyl (C=O) groups excluding carboxylic acids is 1. The van der Waals surface area contributed by atoms with Gasteiger partial charge < -0.3 is 9.64 Å². The van der Waals surface area contributed by atoms with Crippen molar-refractivity contribution < 1.29 is 9.53 Å². The van der Waals surface area contributed by atoms with Crippen LogP contribution in [0.4, 0.5) is 4.79 Å². The zero-order valence-electron chi connectivity index (χ0n) is 17.5. The van der Waals surface area contributed by atoms with Crippen LogP contribution in [0.5, 0.6) is 0 Å². The average molecular weight is 446 g/mol. The largest absolute Gasteiger partial charge is 0.444 e. The predicted molar refractivity (Wildman–Crippen MR) is 118 cm³/mol. The second-order valence-corrected chi connectivity index (χ2v) is 8.68. The maximum atomic E-state index is 12.0. The fraction of sp³-hybridized carbons (Fsp3) is 0.667. The van der Waals surface area contributed by atoms with Gasteiger partial charge in [-0.2, -0.15) is 0 Å². The summed E-state index contributed by atoms with van der Waals surface area (Å²) in [5.74, 6) is 1.79. The van der Waals surface area contributed by atoms with Crippen LogP contribution in [0.2, 0.25) is 0 Å². The number of ether oxygens (including phenoxy) is 1.